The van der Waals surface area contributed by atoms with Crippen LogP contribution in [0.25, 0.3) is 0 Å². The number of fused-ring (bicyclic) bond motifs is 8. The van der Waals surface area contributed by atoms with Gasteiger partial charge in [0.25, 0.3) is 0 Å². The molecule has 0 saturated heterocycles. The Kier molecular flexibility index (Phi) is 14.0. The molecule has 4 heterocycles. The molecule has 0 radical (unpaired) electrons. The van der Waals surface area contributed by atoms with Gasteiger partial charge in [0.15, 0.2) is 25.7 Å². The van der Waals surface area contributed by atoms with Gasteiger partial charge in [-0.15, -0.1) is 0 Å². The van der Waals surface area contributed by atoms with Crippen molar-refractivity contribution in [2.45, 2.75) is 27.4 Å². The molecule has 0 saturated carbocycles. The molecule has 0 amide bonds. The number of hydrogen-bond donors (Lipinski definition) is 0. The number of benzene rings is 4. The van der Waals surface area contributed by atoms with Gasteiger partial charge in [0, 0.05) is 81.0 Å². The fourth-order valence-corrected chi connectivity index (χ4v) is 8.90. The zero-order chi connectivity index (χ0) is 43.9. The minimum Gasteiger partial charge on any atom is -0.492 e. The zero-order valence-corrected chi connectivity index (χ0v) is 34.5. The van der Waals surface area contributed by atoms with Gasteiger partial charge in [-0.1, -0.05) is 24.3 Å². The summed E-state index contributed by atoms with van der Waals surface area (Å²) in [7, 11) is -18.4. The van der Waals surface area contributed by atoms with Crippen LogP contribution in [-0.4, -0.2) is 68.2 Å². The Labute approximate surface area is 405 Å². The predicted molar refractivity (Wildman–Crippen MR) is 183 cm³/mol. The van der Waals surface area contributed by atoms with E-state index in [0.717, 1.165) is 30.3 Å². The van der Waals surface area contributed by atoms with Gasteiger partial charge in [-0.25, -0.2) is 0 Å². The molecule has 29 heteroatoms. The van der Waals surface area contributed by atoms with E-state index in [1.54, 1.807) is 18.2 Å². The van der Waals surface area contributed by atoms with Gasteiger partial charge < -0.3 is 31.5 Å². The van der Waals surface area contributed by atoms with Gasteiger partial charge in [-0.05, 0) is 48.5 Å². The summed E-state index contributed by atoms with van der Waals surface area (Å²) in [5.41, 5.74) is -20.0. The largest absolute Gasteiger partial charge is 0.534 e. The molecule has 0 fully saturated rings. The van der Waals surface area contributed by atoms with E-state index in [2.05, 4.69) is 12.5 Å². The maximum absolute atomic E-state index is 12.9. The summed E-state index contributed by atoms with van der Waals surface area (Å²) in [6, 6.07) is 15.3. The van der Waals surface area contributed by atoms with E-state index in [9.17, 15) is 69.3 Å². The number of ether oxygens (including phenoxy) is 4. The van der Waals surface area contributed by atoms with Crippen LogP contribution in [0.5, 0.6) is 40.2 Å². The fraction of sp³-hybridized carbons (Fsp3) is 0.273. The van der Waals surface area contributed by atoms with E-state index < -0.39 is 88.2 Å². The number of rotatable bonds is 7. The van der Waals surface area contributed by atoms with Crippen LogP contribution in [0.3, 0.4) is 0 Å². The van der Waals surface area contributed by atoms with E-state index in [1.165, 1.54) is 24.3 Å². The van der Waals surface area contributed by atoms with Gasteiger partial charge in [-0.2, -0.15) is 64.8 Å². The first kappa shape index (κ1) is 50.3. The normalized spacial score (nSPS) is 18.2. The van der Waals surface area contributed by atoms with Gasteiger partial charge in [-0.3, -0.25) is 4.57 Å². The summed E-state index contributed by atoms with van der Waals surface area (Å²) in [5, 5.41) is 0.370. The molecule has 14 nitrogen and oxygen atoms in total. The van der Waals surface area contributed by atoms with Crippen LogP contribution in [0.1, 0.15) is 22.3 Å². The average molecular weight is 1020 g/mol. The molecule has 1 atom stereocenters. The van der Waals surface area contributed by atoms with Crippen molar-refractivity contribution in [3.05, 3.63) is 95.1 Å². The van der Waals surface area contributed by atoms with Crippen LogP contribution in [0, 0.1) is 75.5 Å². The Morgan fingerprint density at radius 1 is 0.452 bits per heavy atom. The molecular weight excluding hydrogens is 998 g/mol. The summed E-state index contributed by atoms with van der Waals surface area (Å²) in [6.07, 6.45) is 0. The van der Waals surface area contributed by atoms with Gasteiger partial charge in [0.1, 0.15) is 60.3 Å². The monoisotopic (exact) mass is 1020 g/mol. The fourth-order valence-electron chi connectivity index (χ4n) is 6.92. The average Bonchev–Trinajstić information content (AvgIpc) is 3.92. The summed E-state index contributed by atoms with van der Waals surface area (Å²) >= 11 is 0. The Bertz CT molecular complexity index is 2670. The van der Waals surface area contributed by atoms with Gasteiger partial charge in [0.05, 0.1) is 22.0 Å². The van der Waals surface area contributed by atoms with Crippen molar-refractivity contribution in [2.24, 2.45) is 0 Å². The molecule has 0 bridgehead atoms. The Morgan fingerprint density at radius 2 is 0.710 bits per heavy atom. The summed E-state index contributed by atoms with van der Waals surface area (Å²) in [5.74, 6) is -1.86. The first-order valence-electron chi connectivity index (χ1n) is 16.2. The van der Waals surface area contributed by atoms with Crippen molar-refractivity contribution in [1.29, 1.82) is 0 Å². The molecular formula is C33H20Ar2F9O14PS3. The number of alkyl halides is 9. The SMILES string of the molecule is O=Pc1cccc2c1C1(COc3cccc(OS(=O)(=O)C(F)(F)F)c31)CO2.O=S(=O)(Oc1cccc2c1C1(CO2)COc2cccc(OS(=O)(=O)C(F)(F)F)c21)C(F)(F)F.[Ar].[Ar]. The smallest absolute Gasteiger partial charge is 0.492 e. The molecule has 4 aliphatic heterocycles. The number of halogens is 9. The quantitative estimate of drug-likeness (QED) is 0.0894. The summed E-state index contributed by atoms with van der Waals surface area (Å²) in [6.45, 7) is -0.939. The van der Waals surface area contributed by atoms with Crippen molar-refractivity contribution in [1.82, 2.24) is 0 Å². The van der Waals surface area contributed by atoms with Crippen molar-refractivity contribution in [2.75, 3.05) is 26.4 Å². The van der Waals surface area contributed by atoms with Crippen LogP contribution in [0.4, 0.5) is 39.5 Å². The third-order valence-electron chi connectivity index (χ3n) is 9.33. The molecule has 8 rings (SSSR count). The van der Waals surface area contributed by atoms with Gasteiger partial charge >= 0.3 is 46.9 Å². The molecule has 2 spiro atoms. The summed E-state index contributed by atoms with van der Waals surface area (Å²) < 4.78 is 232. The second-order valence-electron chi connectivity index (χ2n) is 12.9. The van der Waals surface area contributed by atoms with E-state index in [-0.39, 0.29) is 131 Å². The van der Waals surface area contributed by atoms with Crippen LogP contribution in [0.15, 0.2) is 72.8 Å². The maximum atomic E-state index is 12.9. The van der Waals surface area contributed by atoms with E-state index in [0.29, 0.717) is 16.6 Å². The first-order chi connectivity index (χ1) is 27.8. The molecule has 4 aliphatic rings. The van der Waals surface area contributed by atoms with Crippen LogP contribution < -0.4 is 36.8 Å². The van der Waals surface area contributed by atoms with Crippen molar-refractivity contribution < 1.29 is 176 Å². The predicted octanol–water partition coefficient (Wildman–Crippen LogP) is 6.12. The summed E-state index contributed by atoms with van der Waals surface area (Å²) in [4.78, 5) is 0. The molecule has 338 valence electrons. The zero-order valence-electron chi connectivity index (χ0n) is 29.8. The Hall–Kier alpha value is -2.68. The second-order valence-corrected chi connectivity index (χ2v) is 18.2. The Morgan fingerprint density at radius 3 is 0.984 bits per heavy atom. The molecule has 62 heavy (non-hydrogen) atoms. The van der Waals surface area contributed by atoms with Crippen LogP contribution in [0.2, 0.25) is 0 Å². The van der Waals surface area contributed by atoms with Crippen LogP contribution in [-0.2, 0) is 45.7 Å². The van der Waals surface area contributed by atoms with Crippen molar-refractivity contribution in [3.8, 4) is 40.2 Å². The molecule has 1 unspecified atom stereocenters. The third-order valence-corrected chi connectivity index (χ3v) is 12.8. The molecule has 0 aromatic heterocycles. The minimum absolute atomic E-state index is 0. The van der Waals surface area contributed by atoms with E-state index >= 15 is 0 Å². The molecule has 4 aromatic carbocycles. The molecule has 0 N–H and O–H groups in total. The molecule has 4 aromatic rings. The van der Waals surface area contributed by atoms with Crippen LogP contribution >= 0.6 is 8.46 Å². The maximum Gasteiger partial charge on any atom is 0.534 e. The second kappa shape index (κ2) is 17.3. The first-order valence-corrected chi connectivity index (χ1v) is 21.2. The van der Waals surface area contributed by atoms with Gasteiger partial charge in [0.2, 0.25) is 0 Å². The third kappa shape index (κ3) is 8.61. The molecule has 0 aliphatic carbocycles. The van der Waals surface area contributed by atoms with Crippen molar-refractivity contribution in [3.63, 3.8) is 0 Å². The van der Waals surface area contributed by atoms with E-state index in [1.807, 2.05) is 0 Å². The minimum atomic E-state index is -6.13. The standard InChI is InChI=1S/C17H10F6O8S2.C16H10F3O6PS.2Ar/c18-16(19,20)32(24,25)30-11-5-1-3-9-13(11)15(7-28-9)8-29-10-4-2-6-12(14(10)15)31-33(26,27)17(21,22)23;17-16(18,19)27(21,22)25-11-5-1-3-9-13(11)15(7-23-9)8-24-10-4-2-6-12(26-20)14(10)15;;/h1-6H,7-8H2;1-6H,7-8H2;;. The van der Waals surface area contributed by atoms with E-state index in [4.69, 9.17) is 18.9 Å². The topological polar surface area (TPSA) is 184 Å². The number of hydrogen-bond acceptors (Lipinski definition) is 14. The Balaban J connectivity index is 0.000000231. The van der Waals surface area contributed by atoms with Crippen molar-refractivity contribution >= 4 is 44.1 Å².